The molecule has 1 rings (SSSR count). The minimum absolute atomic E-state index is 0.00324. The largest absolute Gasteiger partial charge is 0.383 e. The highest BCUT2D eigenvalue weighted by molar-refractivity contribution is 7.90. The van der Waals surface area contributed by atoms with Gasteiger partial charge in [0.2, 0.25) is 0 Å². The van der Waals surface area contributed by atoms with Crippen LogP contribution in [-0.4, -0.2) is 54.3 Å². The Hall–Kier alpha value is -1.18. The van der Waals surface area contributed by atoms with Crippen molar-refractivity contribution in [2.45, 2.75) is 6.54 Å². The van der Waals surface area contributed by atoms with Gasteiger partial charge in [-0.15, -0.1) is 0 Å². The van der Waals surface area contributed by atoms with E-state index in [4.69, 9.17) is 4.74 Å². The highest BCUT2D eigenvalue weighted by atomic mass is 32.2. The first-order valence-electron chi connectivity index (χ1n) is 6.70. The quantitative estimate of drug-likeness (QED) is 0.690. The van der Waals surface area contributed by atoms with Crippen LogP contribution in [0.25, 0.3) is 0 Å². The van der Waals surface area contributed by atoms with Gasteiger partial charge in [0.25, 0.3) is 0 Å². The van der Waals surface area contributed by atoms with Crippen LogP contribution in [0.4, 0.5) is 10.1 Å². The number of rotatable bonds is 9. The van der Waals surface area contributed by atoms with Crippen molar-refractivity contribution in [3.8, 4) is 0 Å². The van der Waals surface area contributed by atoms with Gasteiger partial charge in [0, 0.05) is 40.0 Å². The van der Waals surface area contributed by atoms with Crippen molar-refractivity contribution in [1.82, 2.24) is 5.32 Å². The van der Waals surface area contributed by atoms with Crippen LogP contribution in [0.5, 0.6) is 0 Å². The van der Waals surface area contributed by atoms with E-state index in [2.05, 4.69) is 5.32 Å². The number of sulfone groups is 1. The van der Waals surface area contributed by atoms with E-state index in [9.17, 15) is 12.8 Å². The summed E-state index contributed by atoms with van der Waals surface area (Å²) in [5, 5.41) is 3.14. The topological polar surface area (TPSA) is 58.6 Å². The normalized spacial score (nSPS) is 11.6. The van der Waals surface area contributed by atoms with Crippen LogP contribution < -0.4 is 10.2 Å². The summed E-state index contributed by atoms with van der Waals surface area (Å²) in [7, 11) is 0.256. The Labute approximate surface area is 126 Å². The zero-order valence-electron chi connectivity index (χ0n) is 12.7. The lowest BCUT2D eigenvalue weighted by Crippen LogP contribution is -2.25. The van der Waals surface area contributed by atoms with Crippen molar-refractivity contribution < 1.29 is 17.5 Å². The average molecular weight is 318 g/mol. The first-order valence-corrected chi connectivity index (χ1v) is 8.76. The number of benzene rings is 1. The maximum atomic E-state index is 14.1. The molecule has 0 heterocycles. The molecule has 0 unspecified atom stereocenters. The van der Waals surface area contributed by atoms with Crippen molar-refractivity contribution in [3.05, 3.63) is 29.6 Å². The van der Waals surface area contributed by atoms with Crippen LogP contribution in [0.15, 0.2) is 18.2 Å². The molecule has 7 heteroatoms. The second kappa shape index (κ2) is 8.31. The zero-order valence-corrected chi connectivity index (χ0v) is 13.5. The molecule has 0 amide bonds. The Balaban J connectivity index is 2.60. The second-order valence-electron chi connectivity index (χ2n) is 5.01. The van der Waals surface area contributed by atoms with Gasteiger partial charge < -0.3 is 15.0 Å². The minimum atomic E-state index is -3.05. The van der Waals surface area contributed by atoms with Gasteiger partial charge >= 0.3 is 0 Å². The third-order valence-corrected chi connectivity index (χ3v) is 3.96. The molecular weight excluding hydrogens is 295 g/mol. The molecule has 0 radical (unpaired) electrons. The molecule has 0 saturated heterocycles. The molecule has 0 fully saturated rings. The predicted molar refractivity (Wildman–Crippen MR) is 83.0 cm³/mol. The third kappa shape index (κ3) is 6.88. The fraction of sp³-hybridized carbons (Fsp3) is 0.571. The second-order valence-corrected chi connectivity index (χ2v) is 7.27. The van der Waals surface area contributed by atoms with Gasteiger partial charge in [-0.05, 0) is 17.7 Å². The number of nitrogens with one attached hydrogen (secondary N) is 1. The van der Waals surface area contributed by atoms with Crippen molar-refractivity contribution in [2.75, 3.05) is 50.8 Å². The lowest BCUT2D eigenvalue weighted by molar-refractivity contribution is 0.199. The molecule has 0 bridgehead atoms. The van der Waals surface area contributed by atoms with Gasteiger partial charge in [-0.1, -0.05) is 6.07 Å². The molecule has 0 aliphatic rings. The molecule has 0 aromatic heterocycles. The van der Waals surface area contributed by atoms with Crippen molar-refractivity contribution in [1.29, 1.82) is 0 Å². The van der Waals surface area contributed by atoms with Gasteiger partial charge in [-0.25, -0.2) is 12.8 Å². The molecule has 0 saturated carbocycles. The highest BCUT2D eigenvalue weighted by Crippen LogP contribution is 2.19. The summed E-state index contributed by atoms with van der Waals surface area (Å²) in [5.41, 5.74) is 1.24. The van der Waals surface area contributed by atoms with Gasteiger partial charge in [-0.3, -0.25) is 0 Å². The highest BCUT2D eigenvalue weighted by Gasteiger charge is 2.11. The van der Waals surface area contributed by atoms with Crippen LogP contribution >= 0.6 is 0 Å². The van der Waals surface area contributed by atoms with E-state index < -0.39 is 9.84 Å². The lowest BCUT2D eigenvalue weighted by atomic mass is 10.2. The summed E-state index contributed by atoms with van der Waals surface area (Å²) in [4.78, 5) is 1.61. The molecule has 5 nitrogen and oxygen atoms in total. The van der Waals surface area contributed by atoms with E-state index in [0.29, 0.717) is 25.4 Å². The third-order valence-electron chi connectivity index (χ3n) is 3.03. The summed E-state index contributed by atoms with van der Waals surface area (Å²) in [6.07, 6.45) is 1.17. The smallest absolute Gasteiger partial charge is 0.149 e. The first kappa shape index (κ1) is 17.9. The number of hydrogen-bond acceptors (Lipinski definition) is 5. The Morgan fingerprint density at radius 3 is 2.67 bits per heavy atom. The lowest BCUT2D eigenvalue weighted by Gasteiger charge is -2.20. The number of anilines is 1. The summed E-state index contributed by atoms with van der Waals surface area (Å²) in [6.45, 7) is 2.14. The fourth-order valence-corrected chi connectivity index (χ4v) is 2.41. The Kier molecular flexibility index (Phi) is 7.07. The molecular formula is C14H23FN2O3S. The summed E-state index contributed by atoms with van der Waals surface area (Å²) in [6, 6.07) is 4.96. The van der Waals surface area contributed by atoms with Crippen LogP contribution in [0.2, 0.25) is 0 Å². The molecule has 1 N–H and O–H groups in total. The monoisotopic (exact) mass is 318 g/mol. The molecule has 0 aliphatic carbocycles. The Bertz CT molecular complexity index is 549. The summed E-state index contributed by atoms with van der Waals surface area (Å²) < 4.78 is 41.2. The molecule has 120 valence electrons. The summed E-state index contributed by atoms with van der Waals surface area (Å²) in [5.74, 6) is -0.347. The number of ether oxygens (including phenoxy) is 1. The molecule has 21 heavy (non-hydrogen) atoms. The molecule has 0 atom stereocenters. The summed E-state index contributed by atoms with van der Waals surface area (Å²) >= 11 is 0. The van der Waals surface area contributed by atoms with Crippen LogP contribution in [0.1, 0.15) is 5.56 Å². The zero-order chi connectivity index (χ0) is 15.9. The van der Waals surface area contributed by atoms with Crippen LogP contribution in [-0.2, 0) is 21.1 Å². The average Bonchev–Trinajstić information content (AvgIpc) is 2.40. The SMILES string of the molecule is COCCNCc1ccc(N(C)CCS(C)(=O)=O)c(F)c1. The maximum Gasteiger partial charge on any atom is 0.149 e. The van der Waals surface area contributed by atoms with E-state index in [0.717, 1.165) is 5.56 Å². The number of methoxy groups -OCH3 is 1. The molecule has 0 aliphatic heterocycles. The van der Waals surface area contributed by atoms with Crippen molar-refractivity contribution in [2.24, 2.45) is 0 Å². The van der Waals surface area contributed by atoms with Crippen molar-refractivity contribution >= 4 is 15.5 Å². The first-order chi connectivity index (χ1) is 9.83. The van der Waals surface area contributed by atoms with Crippen LogP contribution in [0, 0.1) is 5.82 Å². The van der Waals surface area contributed by atoms with E-state index in [1.807, 2.05) is 6.07 Å². The standard InChI is InChI=1S/C14H23FN2O3S/c1-17(7-9-21(3,18)19)14-5-4-12(10-13(14)15)11-16-6-8-20-2/h4-5,10,16H,6-9,11H2,1-3H3. The molecule has 1 aromatic rings. The predicted octanol–water partition coefficient (Wildman–Crippen LogP) is 1.04. The number of halogens is 1. The Morgan fingerprint density at radius 1 is 1.38 bits per heavy atom. The minimum Gasteiger partial charge on any atom is -0.383 e. The van der Waals surface area contributed by atoms with Crippen LogP contribution in [0.3, 0.4) is 0 Å². The van der Waals surface area contributed by atoms with Crippen molar-refractivity contribution in [3.63, 3.8) is 0 Å². The van der Waals surface area contributed by atoms with Gasteiger partial charge in [0.1, 0.15) is 15.7 Å². The number of nitrogens with zero attached hydrogens (tertiary/aromatic N) is 1. The van der Waals surface area contributed by atoms with Gasteiger partial charge in [-0.2, -0.15) is 0 Å². The molecule has 1 aromatic carbocycles. The van der Waals surface area contributed by atoms with E-state index in [1.165, 1.54) is 12.3 Å². The number of hydrogen-bond donors (Lipinski definition) is 1. The van der Waals surface area contributed by atoms with E-state index in [1.54, 1.807) is 25.1 Å². The van der Waals surface area contributed by atoms with Gasteiger partial charge in [0.05, 0.1) is 18.0 Å². The van der Waals surface area contributed by atoms with Gasteiger partial charge in [0.15, 0.2) is 0 Å². The Morgan fingerprint density at radius 2 is 2.10 bits per heavy atom. The maximum absolute atomic E-state index is 14.1. The van der Waals surface area contributed by atoms with E-state index in [-0.39, 0.29) is 18.1 Å². The van der Waals surface area contributed by atoms with E-state index >= 15 is 0 Å². The fourth-order valence-electron chi connectivity index (χ4n) is 1.80. The molecule has 0 spiro atoms.